The number of hydrogen-bond donors (Lipinski definition) is 2. The number of phenols is 1. The van der Waals surface area contributed by atoms with Crippen LogP contribution in [-0.2, 0) is 6.54 Å². The van der Waals surface area contributed by atoms with Gasteiger partial charge in [0.25, 0.3) is 0 Å². The van der Waals surface area contributed by atoms with Gasteiger partial charge in [0.05, 0.1) is 5.69 Å². The number of ether oxygens (including phenoxy) is 2. The molecule has 1 aliphatic heterocycles. The van der Waals surface area contributed by atoms with Gasteiger partial charge in [-0.25, -0.2) is 4.39 Å². The molecule has 0 aromatic heterocycles. The molecule has 0 saturated carbocycles. The monoisotopic (exact) mass is 275 g/mol. The summed E-state index contributed by atoms with van der Waals surface area (Å²) in [7, 11) is 0. The van der Waals surface area contributed by atoms with E-state index in [0.29, 0.717) is 29.3 Å². The SMILES string of the molecule is Cc1cccc(F)c1NCc1cc2c(cc1O)OCO2. The van der Waals surface area contributed by atoms with Crippen molar-refractivity contribution in [1.29, 1.82) is 0 Å². The van der Waals surface area contributed by atoms with Gasteiger partial charge in [-0.3, -0.25) is 0 Å². The zero-order valence-corrected chi connectivity index (χ0v) is 10.9. The van der Waals surface area contributed by atoms with Gasteiger partial charge in [-0.05, 0) is 24.6 Å². The molecule has 0 bridgehead atoms. The maximum Gasteiger partial charge on any atom is 0.231 e. The summed E-state index contributed by atoms with van der Waals surface area (Å²) in [6.45, 7) is 2.27. The van der Waals surface area contributed by atoms with E-state index in [4.69, 9.17) is 9.47 Å². The number of nitrogens with one attached hydrogen (secondary N) is 1. The van der Waals surface area contributed by atoms with Gasteiger partial charge in [-0.15, -0.1) is 0 Å². The number of hydrogen-bond acceptors (Lipinski definition) is 4. The molecule has 0 radical (unpaired) electrons. The maximum absolute atomic E-state index is 13.7. The second kappa shape index (κ2) is 4.92. The van der Waals surface area contributed by atoms with Crippen LogP contribution >= 0.6 is 0 Å². The number of fused-ring (bicyclic) bond motifs is 1. The van der Waals surface area contributed by atoms with Crippen molar-refractivity contribution in [3.63, 3.8) is 0 Å². The first-order valence-electron chi connectivity index (χ1n) is 6.25. The second-order valence-electron chi connectivity index (χ2n) is 4.62. The first-order valence-corrected chi connectivity index (χ1v) is 6.25. The van der Waals surface area contributed by atoms with Crippen LogP contribution in [0.4, 0.5) is 10.1 Å². The lowest BCUT2D eigenvalue weighted by Gasteiger charge is -2.12. The Labute approximate surface area is 115 Å². The first kappa shape index (κ1) is 12.6. The molecule has 0 unspecified atom stereocenters. The van der Waals surface area contributed by atoms with Gasteiger partial charge in [0, 0.05) is 18.2 Å². The lowest BCUT2D eigenvalue weighted by Crippen LogP contribution is -2.03. The summed E-state index contributed by atoms with van der Waals surface area (Å²) >= 11 is 0. The van der Waals surface area contributed by atoms with E-state index in [0.717, 1.165) is 5.56 Å². The molecule has 2 N–H and O–H groups in total. The molecule has 2 aromatic carbocycles. The standard InChI is InChI=1S/C15H14FNO3/c1-9-3-2-4-11(16)15(9)17-7-10-5-13-14(6-12(10)18)20-8-19-13/h2-6,17-18H,7-8H2,1H3. The van der Waals surface area contributed by atoms with Gasteiger partial charge in [-0.2, -0.15) is 0 Å². The largest absolute Gasteiger partial charge is 0.507 e. The molecule has 1 aliphatic rings. The summed E-state index contributed by atoms with van der Waals surface area (Å²) in [6, 6.07) is 8.09. The number of aryl methyl sites for hydroxylation is 1. The lowest BCUT2D eigenvalue weighted by molar-refractivity contribution is 0.174. The maximum atomic E-state index is 13.7. The molecule has 0 spiro atoms. The number of halogens is 1. The summed E-state index contributed by atoms with van der Waals surface area (Å²) < 4.78 is 24.1. The minimum atomic E-state index is -0.315. The third-order valence-electron chi connectivity index (χ3n) is 3.25. The second-order valence-corrected chi connectivity index (χ2v) is 4.62. The van der Waals surface area contributed by atoms with Gasteiger partial charge in [0.1, 0.15) is 11.6 Å². The minimum absolute atomic E-state index is 0.0933. The van der Waals surface area contributed by atoms with Crippen molar-refractivity contribution in [2.24, 2.45) is 0 Å². The number of para-hydroxylation sites is 1. The van der Waals surface area contributed by atoms with E-state index in [1.54, 1.807) is 12.1 Å². The van der Waals surface area contributed by atoms with Gasteiger partial charge in [0.2, 0.25) is 6.79 Å². The van der Waals surface area contributed by atoms with Crippen LogP contribution < -0.4 is 14.8 Å². The fourth-order valence-electron chi connectivity index (χ4n) is 2.15. The molecule has 1 heterocycles. The fourth-order valence-corrected chi connectivity index (χ4v) is 2.15. The first-order chi connectivity index (χ1) is 9.65. The highest BCUT2D eigenvalue weighted by molar-refractivity contribution is 5.55. The van der Waals surface area contributed by atoms with Gasteiger partial charge < -0.3 is 19.9 Å². The topological polar surface area (TPSA) is 50.7 Å². The van der Waals surface area contributed by atoms with Crippen LogP contribution in [0.2, 0.25) is 0 Å². The number of rotatable bonds is 3. The molecule has 4 nitrogen and oxygen atoms in total. The third-order valence-corrected chi connectivity index (χ3v) is 3.25. The number of benzene rings is 2. The highest BCUT2D eigenvalue weighted by Crippen LogP contribution is 2.37. The Morgan fingerprint density at radius 1 is 1.25 bits per heavy atom. The van der Waals surface area contributed by atoms with Crippen LogP contribution in [0.3, 0.4) is 0 Å². The van der Waals surface area contributed by atoms with E-state index >= 15 is 0 Å². The van der Waals surface area contributed by atoms with Crippen LogP contribution in [0, 0.1) is 12.7 Å². The zero-order valence-electron chi connectivity index (χ0n) is 10.9. The van der Waals surface area contributed by atoms with E-state index in [1.807, 2.05) is 13.0 Å². The Morgan fingerprint density at radius 2 is 2.00 bits per heavy atom. The number of aromatic hydroxyl groups is 1. The molecular weight excluding hydrogens is 261 g/mol. The van der Waals surface area contributed by atoms with Crippen molar-refractivity contribution in [3.8, 4) is 17.2 Å². The van der Waals surface area contributed by atoms with E-state index in [9.17, 15) is 9.50 Å². The number of anilines is 1. The normalized spacial score (nSPS) is 12.5. The van der Waals surface area contributed by atoms with Gasteiger partial charge in [0.15, 0.2) is 11.5 Å². The summed E-state index contributed by atoms with van der Waals surface area (Å²) in [4.78, 5) is 0. The summed E-state index contributed by atoms with van der Waals surface area (Å²) in [6.07, 6.45) is 0. The fraction of sp³-hybridized carbons (Fsp3) is 0.200. The van der Waals surface area contributed by atoms with E-state index in [1.165, 1.54) is 12.1 Å². The van der Waals surface area contributed by atoms with Crippen molar-refractivity contribution in [2.45, 2.75) is 13.5 Å². The molecule has 104 valence electrons. The smallest absolute Gasteiger partial charge is 0.231 e. The molecule has 3 rings (SSSR count). The van der Waals surface area contributed by atoms with Crippen LogP contribution in [0.15, 0.2) is 30.3 Å². The summed E-state index contributed by atoms with van der Waals surface area (Å²) in [5.74, 6) is 0.888. The van der Waals surface area contributed by atoms with Crippen molar-refractivity contribution in [1.82, 2.24) is 0 Å². The Hall–Kier alpha value is -2.43. The van der Waals surface area contributed by atoms with Crippen molar-refractivity contribution >= 4 is 5.69 Å². The molecule has 0 aliphatic carbocycles. The van der Waals surface area contributed by atoms with E-state index in [2.05, 4.69) is 5.32 Å². The quantitative estimate of drug-likeness (QED) is 0.903. The van der Waals surface area contributed by atoms with Crippen LogP contribution in [0.1, 0.15) is 11.1 Å². The highest BCUT2D eigenvalue weighted by Gasteiger charge is 2.17. The van der Waals surface area contributed by atoms with Crippen molar-refractivity contribution < 1.29 is 19.0 Å². The van der Waals surface area contributed by atoms with Crippen LogP contribution in [0.5, 0.6) is 17.2 Å². The number of phenolic OH excluding ortho intramolecular Hbond substituents is 1. The minimum Gasteiger partial charge on any atom is -0.507 e. The van der Waals surface area contributed by atoms with E-state index < -0.39 is 0 Å². The average molecular weight is 275 g/mol. The Bertz CT molecular complexity index is 638. The van der Waals surface area contributed by atoms with Crippen molar-refractivity contribution in [3.05, 3.63) is 47.3 Å². The summed E-state index contributed by atoms with van der Waals surface area (Å²) in [5.41, 5.74) is 1.87. The average Bonchev–Trinajstić information content (AvgIpc) is 2.85. The Morgan fingerprint density at radius 3 is 2.75 bits per heavy atom. The highest BCUT2D eigenvalue weighted by atomic mass is 19.1. The Kier molecular flexibility index (Phi) is 3.10. The Balaban J connectivity index is 1.82. The van der Waals surface area contributed by atoms with Gasteiger partial charge >= 0.3 is 0 Å². The molecule has 5 heteroatoms. The van der Waals surface area contributed by atoms with E-state index in [-0.39, 0.29) is 18.4 Å². The molecule has 0 saturated heterocycles. The van der Waals surface area contributed by atoms with Crippen molar-refractivity contribution in [2.75, 3.05) is 12.1 Å². The molecule has 20 heavy (non-hydrogen) atoms. The molecule has 2 aromatic rings. The molecule has 0 amide bonds. The molecular formula is C15H14FNO3. The molecule has 0 atom stereocenters. The molecule has 0 fully saturated rings. The zero-order chi connectivity index (χ0) is 14.1. The van der Waals surface area contributed by atoms with Gasteiger partial charge in [-0.1, -0.05) is 12.1 Å². The third kappa shape index (κ3) is 2.22. The van der Waals surface area contributed by atoms with Crippen LogP contribution in [-0.4, -0.2) is 11.9 Å². The predicted octanol–water partition coefficient (Wildman–Crippen LogP) is 3.18. The van der Waals surface area contributed by atoms with Crippen LogP contribution in [0.25, 0.3) is 0 Å². The lowest BCUT2D eigenvalue weighted by atomic mass is 10.1. The summed E-state index contributed by atoms with van der Waals surface area (Å²) in [5, 5.41) is 12.9. The predicted molar refractivity (Wildman–Crippen MR) is 72.7 cm³/mol.